The van der Waals surface area contributed by atoms with E-state index < -0.39 is 0 Å². The maximum Gasteiger partial charge on any atom is 0.220 e. The van der Waals surface area contributed by atoms with Crippen molar-refractivity contribution < 1.29 is 14.3 Å². The van der Waals surface area contributed by atoms with E-state index in [4.69, 9.17) is 0 Å². The smallest absolute Gasteiger partial charge is 0.220 e. The van der Waals surface area contributed by atoms with Gasteiger partial charge in [0.1, 0.15) is 5.82 Å². The third-order valence-electron chi connectivity index (χ3n) is 5.02. The number of hydrogen-bond donors (Lipinski definition) is 2. The molecular weight excluding hydrogens is 343 g/mol. The Bertz CT molecular complexity index is 743. The molecule has 1 aliphatic rings. The van der Waals surface area contributed by atoms with Crippen LogP contribution in [0.25, 0.3) is 0 Å². The lowest BCUT2D eigenvalue weighted by Crippen LogP contribution is -2.36. The Morgan fingerprint density at radius 3 is 2.56 bits per heavy atom. The number of aliphatic hydroxyl groups is 1. The van der Waals surface area contributed by atoms with E-state index in [1.807, 2.05) is 29.2 Å². The second-order valence-corrected chi connectivity index (χ2v) is 7.12. The number of piperidine rings is 1. The van der Waals surface area contributed by atoms with Crippen LogP contribution in [-0.4, -0.2) is 30.2 Å². The molecule has 0 aliphatic carbocycles. The van der Waals surface area contributed by atoms with Gasteiger partial charge in [-0.25, -0.2) is 4.39 Å². The highest BCUT2D eigenvalue weighted by Crippen LogP contribution is 2.24. The summed E-state index contributed by atoms with van der Waals surface area (Å²) in [5.41, 5.74) is 2.55. The lowest BCUT2D eigenvalue weighted by atomic mass is 10.1. The molecule has 144 valence electrons. The minimum Gasteiger partial charge on any atom is -0.393 e. The Balaban J connectivity index is 1.44. The summed E-state index contributed by atoms with van der Waals surface area (Å²) in [6, 6.07) is 15.2. The molecule has 4 nitrogen and oxygen atoms in total. The third-order valence-corrected chi connectivity index (χ3v) is 5.02. The van der Waals surface area contributed by atoms with Gasteiger partial charge in [0.05, 0.1) is 11.8 Å². The van der Waals surface area contributed by atoms with E-state index in [-0.39, 0.29) is 17.8 Å². The molecule has 1 aliphatic heterocycles. The molecule has 2 aromatic rings. The van der Waals surface area contributed by atoms with E-state index in [0.29, 0.717) is 44.6 Å². The van der Waals surface area contributed by atoms with Crippen molar-refractivity contribution in [2.45, 2.75) is 44.8 Å². The number of carbonyl (C=O) groups is 1. The average molecular weight is 370 g/mol. The summed E-state index contributed by atoms with van der Waals surface area (Å²) in [5, 5.41) is 12.4. The van der Waals surface area contributed by atoms with Crippen LogP contribution in [0.1, 0.15) is 36.8 Å². The van der Waals surface area contributed by atoms with Crippen molar-refractivity contribution in [3.05, 3.63) is 65.5 Å². The molecule has 5 heteroatoms. The zero-order valence-electron chi connectivity index (χ0n) is 15.5. The summed E-state index contributed by atoms with van der Waals surface area (Å²) in [5.74, 6) is -0.289. The van der Waals surface area contributed by atoms with Gasteiger partial charge in [0, 0.05) is 26.1 Å². The first-order valence-corrected chi connectivity index (χ1v) is 9.64. The van der Waals surface area contributed by atoms with Gasteiger partial charge < -0.3 is 15.3 Å². The molecule has 0 radical (unpaired) electrons. The largest absolute Gasteiger partial charge is 0.393 e. The molecule has 2 N–H and O–H groups in total. The van der Waals surface area contributed by atoms with Gasteiger partial charge >= 0.3 is 0 Å². The van der Waals surface area contributed by atoms with Crippen LogP contribution < -0.4 is 10.2 Å². The SMILES string of the molecule is O=C(CCCc1ccccc1)NCc1ccc(N2CCC(O)CC2)c(F)c1. The number of carbonyl (C=O) groups excluding carboxylic acids is 1. The van der Waals surface area contributed by atoms with Crippen LogP contribution in [0.2, 0.25) is 0 Å². The van der Waals surface area contributed by atoms with Crippen molar-refractivity contribution in [2.75, 3.05) is 18.0 Å². The Morgan fingerprint density at radius 1 is 1.11 bits per heavy atom. The maximum atomic E-state index is 14.4. The molecule has 2 aromatic carbocycles. The first-order valence-electron chi connectivity index (χ1n) is 9.64. The summed E-state index contributed by atoms with van der Waals surface area (Å²) in [7, 11) is 0. The van der Waals surface area contributed by atoms with Crippen LogP contribution in [-0.2, 0) is 17.8 Å². The highest BCUT2D eigenvalue weighted by atomic mass is 19.1. The van der Waals surface area contributed by atoms with Crippen LogP contribution in [0.5, 0.6) is 0 Å². The van der Waals surface area contributed by atoms with Gasteiger partial charge in [0.25, 0.3) is 0 Å². The number of halogens is 1. The Hall–Kier alpha value is -2.40. The van der Waals surface area contributed by atoms with E-state index >= 15 is 0 Å². The number of aliphatic hydroxyl groups excluding tert-OH is 1. The van der Waals surface area contributed by atoms with E-state index in [0.717, 1.165) is 18.4 Å². The van der Waals surface area contributed by atoms with Crippen molar-refractivity contribution >= 4 is 11.6 Å². The molecule has 0 spiro atoms. The van der Waals surface area contributed by atoms with Gasteiger partial charge in [-0.3, -0.25) is 4.79 Å². The fraction of sp³-hybridized carbons (Fsp3) is 0.409. The molecule has 3 rings (SSSR count). The highest BCUT2D eigenvalue weighted by molar-refractivity contribution is 5.75. The number of nitrogens with zero attached hydrogens (tertiary/aromatic N) is 1. The number of hydrogen-bond acceptors (Lipinski definition) is 3. The number of benzene rings is 2. The third kappa shape index (κ3) is 5.79. The van der Waals surface area contributed by atoms with Crippen molar-refractivity contribution in [1.82, 2.24) is 5.32 Å². The molecule has 0 aromatic heterocycles. The van der Waals surface area contributed by atoms with Gasteiger partial charge in [-0.15, -0.1) is 0 Å². The highest BCUT2D eigenvalue weighted by Gasteiger charge is 2.19. The summed E-state index contributed by atoms with van der Waals surface area (Å²) in [4.78, 5) is 14.0. The minimum absolute atomic E-state index is 0.0135. The summed E-state index contributed by atoms with van der Waals surface area (Å²) >= 11 is 0. The van der Waals surface area contributed by atoms with Gasteiger partial charge in [0.15, 0.2) is 0 Å². The molecule has 0 atom stereocenters. The molecule has 0 unspecified atom stereocenters. The molecule has 1 heterocycles. The molecule has 1 fully saturated rings. The second kappa shape index (κ2) is 9.51. The lowest BCUT2D eigenvalue weighted by Gasteiger charge is -2.31. The molecule has 27 heavy (non-hydrogen) atoms. The standard InChI is InChI=1S/C22H27FN2O2/c23-20-15-18(9-10-21(20)25-13-11-19(26)12-14-25)16-24-22(27)8-4-7-17-5-2-1-3-6-17/h1-3,5-6,9-10,15,19,26H,4,7-8,11-14,16H2,(H,24,27). The average Bonchev–Trinajstić information content (AvgIpc) is 2.68. The topological polar surface area (TPSA) is 52.6 Å². The van der Waals surface area contributed by atoms with E-state index in [1.165, 1.54) is 11.6 Å². The first-order chi connectivity index (χ1) is 13.1. The van der Waals surface area contributed by atoms with Crippen LogP contribution >= 0.6 is 0 Å². The molecule has 1 saturated heterocycles. The van der Waals surface area contributed by atoms with Crippen LogP contribution in [0.3, 0.4) is 0 Å². The van der Waals surface area contributed by atoms with E-state index in [2.05, 4.69) is 17.4 Å². The second-order valence-electron chi connectivity index (χ2n) is 7.12. The molecule has 1 amide bonds. The predicted octanol–water partition coefficient (Wildman–Crippen LogP) is 3.43. The summed E-state index contributed by atoms with van der Waals surface area (Å²) < 4.78 is 14.4. The summed E-state index contributed by atoms with van der Waals surface area (Å²) in [6.45, 7) is 1.66. The molecule has 0 bridgehead atoms. The zero-order chi connectivity index (χ0) is 19.1. The quantitative estimate of drug-likeness (QED) is 0.785. The van der Waals surface area contributed by atoms with Gasteiger partial charge in [-0.1, -0.05) is 36.4 Å². The Labute approximate surface area is 160 Å². The van der Waals surface area contributed by atoms with Crippen molar-refractivity contribution in [1.29, 1.82) is 0 Å². The van der Waals surface area contributed by atoms with Crippen LogP contribution in [0.4, 0.5) is 10.1 Å². The monoisotopic (exact) mass is 370 g/mol. The van der Waals surface area contributed by atoms with E-state index in [9.17, 15) is 14.3 Å². The van der Waals surface area contributed by atoms with Gasteiger partial charge in [-0.2, -0.15) is 0 Å². The Morgan fingerprint density at radius 2 is 1.85 bits per heavy atom. The number of amides is 1. The lowest BCUT2D eigenvalue weighted by molar-refractivity contribution is -0.121. The van der Waals surface area contributed by atoms with Crippen LogP contribution in [0.15, 0.2) is 48.5 Å². The molecule has 0 saturated carbocycles. The van der Waals surface area contributed by atoms with Crippen LogP contribution in [0, 0.1) is 5.82 Å². The number of nitrogens with one attached hydrogen (secondary N) is 1. The predicted molar refractivity (Wildman–Crippen MR) is 105 cm³/mol. The normalized spacial score (nSPS) is 15.0. The van der Waals surface area contributed by atoms with E-state index in [1.54, 1.807) is 6.07 Å². The summed E-state index contributed by atoms with van der Waals surface area (Å²) in [6.07, 6.45) is 3.19. The molecular formula is C22H27FN2O2. The fourth-order valence-corrected chi connectivity index (χ4v) is 3.41. The minimum atomic E-state index is -0.277. The fourth-order valence-electron chi connectivity index (χ4n) is 3.41. The van der Waals surface area contributed by atoms with Gasteiger partial charge in [0.2, 0.25) is 5.91 Å². The van der Waals surface area contributed by atoms with Crippen molar-refractivity contribution in [2.24, 2.45) is 0 Å². The zero-order valence-corrected chi connectivity index (χ0v) is 15.5. The number of aryl methyl sites for hydroxylation is 1. The van der Waals surface area contributed by atoms with Crippen molar-refractivity contribution in [3.8, 4) is 0 Å². The number of rotatable bonds is 7. The Kier molecular flexibility index (Phi) is 6.82. The van der Waals surface area contributed by atoms with Crippen molar-refractivity contribution in [3.63, 3.8) is 0 Å². The number of anilines is 1. The first kappa shape index (κ1) is 19.4. The maximum absolute atomic E-state index is 14.4. The van der Waals surface area contributed by atoms with Gasteiger partial charge in [-0.05, 0) is 48.9 Å².